The lowest BCUT2D eigenvalue weighted by atomic mass is 10.3. The Balaban J connectivity index is 3.00. The molecule has 1 rings (SSSR count). The smallest absolute Gasteiger partial charge is 0.296 e. The van der Waals surface area contributed by atoms with E-state index in [4.69, 9.17) is 5.84 Å². The molecule has 2 amide bonds. The van der Waals surface area contributed by atoms with Crippen LogP contribution in [0.1, 0.15) is 0 Å². The van der Waals surface area contributed by atoms with Crippen LogP contribution in [0.3, 0.4) is 0 Å². The summed E-state index contributed by atoms with van der Waals surface area (Å²) < 4.78 is 22.4. The van der Waals surface area contributed by atoms with Crippen LogP contribution < -0.4 is 16.2 Å². The van der Waals surface area contributed by atoms with Gasteiger partial charge in [-0.25, -0.2) is 19.1 Å². The van der Waals surface area contributed by atoms with Crippen LogP contribution >= 0.6 is 0 Å². The number of anilines is 1. The molecule has 1 aromatic carbocycles. The maximum atomic E-state index is 11.2. The van der Waals surface area contributed by atoms with E-state index in [1.165, 1.54) is 36.2 Å². The quantitative estimate of drug-likeness (QED) is 0.438. The molecule has 1 aromatic rings. The number of nitrogens with one attached hydrogen (secondary N) is 1. The highest BCUT2D eigenvalue weighted by Crippen LogP contribution is 2.16. The summed E-state index contributed by atoms with van der Waals surface area (Å²) >= 11 is 0. The number of urea groups is 1. The van der Waals surface area contributed by atoms with Gasteiger partial charge in [0, 0.05) is 19.0 Å². The van der Waals surface area contributed by atoms with Crippen LogP contribution in [0, 0.1) is 0 Å². The predicted molar refractivity (Wildman–Crippen MR) is 60.7 cm³/mol. The molecule has 0 saturated heterocycles. The van der Waals surface area contributed by atoms with E-state index in [2.05, 4.69) is 0 Å². The third-order valence-corrected chi connectivity index (χ3v) is 3.21. The van der Waals surface area contributed by atoms with Gasteiger partial charge < -0.3 is 0 Å². The zero-order valence-corrected chi connectivity index (χ0v) is 9.78. The molecular formula is C9H13N3O3S. The van der Waals surface area contributed by atoms with E-state index in [0.717, 1.165) is 6.26 Å². The normalized spacial score (nSPS) is 10.9. The molecule has 7 heteroatoms. The van der Waals surface area contributed by atoms with Gasteiger partial charge in [0.15, 0.2) is 9.84 Å². The molecule has 6 nitrogen and oxygen atoms in total. The standard InChI is InChI=1S/C9H13N3O3S/c1-12(9(13)11-10)7-3-5-8(6-4-7)16(2,14)15/h3-6H,10H2,1-2H3,(H,11,13). The van der Waals surface area contributed by atoms with Gasteiger partial charge in [-0.05, 0) is 24.3 Å². The van der Waals surface area contributed by atoms with Crippen molar-refractivity contribution in [3.8, 4) is 0 Å². The number of nitrogens with two attached hydrogens (primary N) is 1. The number of benzene rings is 1. The number of hydrazine groups is 1. The average molecular weight is 243 g/mol. The zero-order valence-electron chi connectivity index (χ0n) is 8.97. The Bertz CT molecular complexity index is 481. The molecule has 16 heavy (non-hydrogen) atoms. The Hall–Kier alpha value is -1.60. The summed E-state index contributed by atoms with van der Waals surface area (Å²) in [4.78, 5) is 12.6. The van der Waals surface area contributed by atoms with Crippen LogP contribution in [0.2, 0.25) is 0 Å². The van der Waals surface area contributed by atoms with Gasteiger partial charge in [-0.1, -0.05) is 0 Å². The molecule has 3 N–H and O–H groups in total. The lowest BCUT2D eigenvalue weighted by molar-refractivity contribution is 0.247. The number of hydrogen-bond donors (Lipinski definition) is 2. The Kier molecular flexibility index (Phi) is 3.51. The molecule has 0 bridgehead atoms. The number of nitrogens with zero attached hydrogens (tertiary/aromatic N) is 1. The molecule has 0 fully saturated rings. The first-order valence-corrected chi connectivity index (χ1v) is 6.30. The Labute approximate surface area is 93.9 Å². The Morgan fingerprint density at radius 2 is 1.81 bits per heavy atom. The van der Waals surface area contributed by atoms with Crippen molar-refractivity contribution in [3.05, 3.63) is 24.3 Å². The molecule has 0 saturated carbocycles. The van der Waals surface area contributed by atoms with E-state index >= 15 is 0 Å². The number of rotatable bonds is 2. The largest absolute Gasteiger partial charge is 0.335 e. The van der Waals surface area contributed by atoms with Gasteiger partial charge in [0.1, 0.15) is 0 Å². The Morgan fingerprint density at radius 1 is 1.31 bits per heavy atom. The van der Waals surface area contributed by atoms with Crippen molar-refractivity contribution in [2.75, 3.05) is 18.2 Å². The molecule has 0 aromatic heterocycles. The molecular weight excluding hydrogens is 230 g/mol. The van der Waals surface area contributed by atoms with Crippen LogP contribution in [-0.4, -0.2) is 27.8 Å². The predicted octanol–water partition coefficient (Wildman–Crippen LogP) is 0.110. The Morgan fingerprint density at radius 3 is 2.19 bits per heavy atom. The van der Waals surface area contributed by atoms with Crippen LogP contribution in [0.25, 0.3) is 0 Å². The molecule has 0 radical (unpaired) electrons. The minimum Gasteiger partial charge on any atom is -0.296 e. The minimum atomic E-state index is -3.21. The summed E-state index contributed by atoms with van der Waals surface area (Å²) in [5.41, 5.74) is 2.53. The van der Waals surface area contributed by atoms with E-state index in [1.807, 2.05) is 5.43 Å². The summed E-state index contributed by atoms with van der Waals surface area (Å²) in [5.74, 6) is 4.97. The highest BCUT2D eigenvalue weighted by atomic mass is 32.2. The van der Waals surface area contributed by atoms with E-state index in [9.17, 15) is 13.2 Å². The first kappa shape index (κ1) is 12.5. The summed E-state index contributed by atoms with van der Waals surface area (Å²) in [6.45, 7) is 0. The first-order valence-electron chi connectivity index (χ1n) is 4.40. The molecule has 0 aliphatic carbocycles. The molecule has 0 aliphatic rings. The molecule has 0 heterocycles. The SMILES string of the molecule is CN(C(=O)NN)c1ccc(S(C)(=O)=O)cc1. The second-order valence-corrected chi connectivity index (χ2v) is 5.29. The van der Waals surface area contributed by atoms with Gasteiger partial charge in [-0.3, -0.25) is 10.3 Å². The van der Waals surface area contributed by atoms with Gasteiger partial charge in [-0.2, -0.15) is 0 Å². The molecule has 0 unspecified atom stereocenters. The fraction of sp³-hybridized carbons (Fsp3) is 0.222. The van der Waals surface area contributed by atoms with Crippen LogP contribution in [0.15, 0.2) is 29.2 Å². The number of amides is 2. The van der Waals surface area contributed by atoms with E-state index in [0.29, 0.717) is 5.69 Å². The monoisotopic (exact) mass is 243 g/mol. The van der Waals surface area contributed by atoms with E-state index in [1.54, 1.807) is 0 Å². The summed E-state index contributed by atoms with van der Waals surface area (Å²) in [6, 6.07) is 5.46. The molecule has 0 atom stereocenters. The van der Waals surface area contributed by atoms with Crippen molar-refractivity contribution in [2.45, 2.75) is 4.90 Å². The van der Waals surface area contributed by atoms with Crippen molar-refractivity contribution in [3.63, 3.8) is 0 Å². The van der Waals surface area contributed by atoms with Gasteiger partial charge in [-0.15, -0.1) is 0 Å². The van der Waals surface area contributed by atoms with Crippen molar-refractivity contribution < 1.29 is 13.2 Å². The van der Waals surface area contributed by atoms with E-state index < -0.39 is 15.9 Å². The van der Waals surface area contributed by atoms with Crippen LogP contribution in [0.5, 0.6) is 0 Å². The lowest BCUT2D eigenvalue weighted by Gasteiger charge is -2.16. The third kappa shape index (κ3) is 2.71. The summed E-state index contributed by atoms with van der Waals surface area (Å²) in [5, 5.41) is 0. The van der Waals surface area contributed by atoms with Crippen molar-refractivity contribution in [1.82, 2.24) is 5.43 Å². The minimum absolute atomic E-state index is 0.206. The number of carbonyl (C=O) groups excluding carboxylic acids is 1. The number of carbonyl (C=O) groups is 1. The average Bonchev–Trinajstić information content (AvgIpc) is 2.26. The van der Waals surface area contributed by atoms with Crippen molar-refractivity contribution in [2.24, 2.45) is 5.84 Å². The van der Waals surface area contributed by atoms with Gasteiger partial charge >= 0.3 is 6.03 Å². The van der Waals surface area contributed by atoms with E-state index in [-0.39, 0.29) is 4.90 Å². The first-order chi connectivity index (χ1) is 7.36. The van der Waals surface area contributed by atoms with Crippen LogP contribution in [-0.2, 0) is 9.84 Å². The number of sulfone groups is 1. The van der Waals surface area contributed by atoms with Gasteiger partial charge in [0.25, 0.3) is 0 Å². The highest BCUT2D eigenvalue weighted by molar-refractivity contribution is 7.90. The highest BCUT2D eigenvalue weighted by Gasteiger charge is 2.11. The number of hydrogen-bond acceptors (Lipinski definition) is 4. The summed E-state index contributed by atoms with van der Waals surface area (Å²) in [6.07, 6.45) is 1.12. The maximum Gasteiger partial charge on any atom is 0.335 e. The molecule has 0 aliphatic heterocycles. The van der Waals surface area contributed by atoms with Crippen molar-refractivity contribution in [1.29, 1.82) is 0 Å². The van der Waals surface area contributed by atoms with Gasteiger partial charge in [0.2, 0.25) is 0 Å². The topological polar surface area (TPSA) is 92.5 Å². The zero-order chi connectivity index (χ0) is 12.3. The second-order valence-electron chi connectivity index (χ2n) is 3.27. The van der Waals surface area contributed by atoms with Gasteiger partial charge in [0.05, 0.1) is 4.90 Å². The molecule has 0 spiro atoms. The lowest BCUT2D eigenvalue weighted by Crippen LogP contribution is -2.41. The maximum absolute atomic E-state index is 11.2. The third-order valence-electron chi connectivity index (χ3n) is 2.08. The second kappa shape index (κ2) is 4.50. The summed E-state index contributed by atoms with van der Waals surface area (Å²) in [7, 11) is -1.69. The molecule has 88 valence electrons. The fourth-order valence-electron chi connectivity index (χ4n) is 1.13. The van der Waals surface area contributed by atoms with Crippen LogP contribution in [0.4, 0.5) is 10.5 Å². The van der Waals surface area contributed by atoms with Crippen molar-refractivity contribution >= 4 is 21.6 Å². The fourth-order valence-corrected chi connectivity index (χ4v) is 1.76.